The Morgan fingerprint density at radius 1 is 1.32 bits per heavy atom. The van der Waals surface area contributed by atoms with E-state index in [9.17, 15) is 0 Å². The maximum atomic E-state index is 6.14. The largest absolute Gasteiger partial charge is 0.491 e. The normalized spacial score (nSPS) is 20.5. The molecule has 3 N–H and O–H groups in total. The van der Waals surface area contributed by atoms with E-state index < -0.39 is 0 Å². The molecular formula is C16H26BN3O2. The number of nitrogen functional groups attached to an aromatic ring is 1. The number of pyridine rings is 1. The van der Waals surface area contributed by atoms with Crippen LogP contribution < -0.4 is 11.1 Å². The number of likely N-dealkylation sites (N-methyl/N-ethyl adjacent to an activating group) is 1. The zero-order chi connectivity index (χ0) is 16.5. The van der Waals surface area contributed by atoms with Crippen LogP contribution in [0, 0.1) is 6.92 Å². The van der Waals surface area contributed by atoms with Gasteiger partial charge in [-0.15, -0.1) is 0 Å². The van der Waals surface area contributed by atoms with Crippen LogP contribution in [0.3, 0.4) is 0 Å². The molecule has 1 saturated heterocycles. The van der Waals surface area contributed by atoms with Crippen molar-refractivity contribution in [3.05, 3.63) is 29.0 Å². The minimum atomic E-state index is -0.377. The fourth-order valence-corrected chi connectivity index (χ4v) is 2.31. The lowest BCUT2D eigenvalue weighted by Gasteiger charge is -2.32. The molecule has 0 atom stereocenters. The molecule has 1 fully saturated rings. The van der Waals surface area contributed by atoms with E-state index in [1.807, 2.05) is 20.0 Å². The molecule has 0 bridgehead atoms. The van der Waals surface area contributed by atoms with Gasteiger partial charge in [-0.3, -0.25) is 4.98 Å². The molecule has 22 heavy (non-hydrogen) atoms. The van der Waals surface area contributed by atoms with E-state index in [1.54, 1.807) is 6.20 Å². The third-order valence-electron chi connectivity index (χ3n) is 4.43. The fourth-order valence-electron chi connectivity index (χ4n) is 2.31. The second kappa shape index (κ2) is 6.03. The Kier molecular flexibility index (Phi) is 4.66. The van der Waals surface area contributed by atoms with Crippen molar-refractivity contribution in [3.63, 3.8) is 0 Å². The standard InChI is InChI=1S/C16H26BN3O2/c1-11-12(8-14(18)10-20-11)7-13(9-19-6)17-21-15(2,3)16(4,5)22-17/h7-8,10,19H,9,18H2,1-6H3. The Morgan fingerprint density at radius 3 is 2.45 bits per heavy atom. The predicted octanol–water partition coefficient (Wildman–Crippen LogP) is 2.21. The fraction of sp³-hybridized carbons (Fsp3) is 0.562. The van der Waals surface area contributed by atoms with Gasteiger partial charge in [-0.25, -0.2) is 0 Å². The van der Waals surface area contributed by atoms with Crippen LogP contribution >= 0.6 is 0 Å². The second-order valence-corrected chi connectivity index (χ2v) is 6.78. The van der Waals surface area contributed by atoms with E-state index in [1.165, 1.54) is 0 Å². The Morgan fingerprint density at radius 2 is 1.91 bits per heavy atom. The summed E-state index contributed by atoms with van der Waals surface area (Å²) in [6.45, 7) is 10.8. The van der Waals surface area contributed by atoms with Crippen molar-refractivity contribution in [2.75, 3.05) is 19.3 Å². The van der Waals surface area contributed by atoms with Gasteiger partial charge in [0.25, 0.3) is 0 Å². The van der Waals surface area contributed by atoms with Gasteiger partial charge in [0, 0.05) is 12.2 Å². The summed E-state index contributed by atoms with van der Waals surface area (Å²) in [5, 5.41) is 3.17. The molecule has 1 aromatic heterocycles. The van der Waals surface area contributed by atoms with Crippen LogP contribution in [0.2, 0.25) is 0 Å². The van der Waals surface area contributed by atoms with Crippen LogP contribution in [0.25, 0.3) is 6.08 Å². The van der Waals surface area contributed by atoms with E-state index in [4.69, 9.17) is 15.0 Å². The highest BCUT2D eigenvalue weighted by Gasteiger charge is 2.52. The molecule has 1 aromatic rings. The van der Waals surface area contributed by atoms with Crippen molar-refractivity contribution in [1.82, 2.24) is 10.3 Å². The minimum Gasteiger partial charge on any atom is -0.400 e. The Hall–Kier alpha value is -1.37. The van der Waals surface area contributed by atoms with Gasteiger partial charge in [-0.1, -0.05) is 6.08 Å². The van der Waals surface area contributed by atoms with Crippen molar-refractivity contribution in [2.45, 2.75) is 45.8 Å². The molecule has 0 aromatic carbocycles. The Labute approximate surface area is 133 Å². The van der Waals surface area contributed by atoms with Crippen molar-refractivity contribution < 1.29 is 9.31 Å². The molecule has 2 rings (SSSR count). The van der Waals surface area contributed by atoms with Gasteiger partial charge < -0.3 is 20.4 Å². The number of nitrogens with zero attached hydrogens (tertiary/aromatic N) is 1. The number of hydrogen-bond donors (Lipinski definition) is 2. The summed E-state index contributed by atoms with van der Waals surface area (Å²) in [5.41, 5.74) is 8.73. The van der Waals surface area contributed by atoms with Gasteiger partial charge >= 0.3 is 7.12 Å². The summed E-state index contributed by atoms with van der Waals surface area (Å²) in [4.78, 5) is 4.30. The molecule has 0 unspecified atom stereocenters. The first kappa shape index (κ1) is 17.0. The molecule has 1 aliphatic rings. The molecule has 0 aliphatic carbocycles. The van der Waals surface area contributed by atoms with E-state index in [0.29, 0.717) is 12.2 Å². The molecule has 1 aliphatic heterocycles. The first-order valence-electron chi connectivity index (χ1n) is 7.59. The van der Waals surface area contributed by atoms with Crippen LogP contribution in [0.4, 0.5) is 5.69 Å². The predicted molar refractivity (Wildman–Crippen MR) is 91.4 cm³/mol. The molecule has 6 heteroatoms. The van der Waals surface area contributed by atoms with Crippen molar-refractivity contribution in [3.8, 4) is 0 Å². The van der Waals surface area contributed by atoms with E-state index in [2.05, 4.69) is 44.1 Å². The number of anilines is 1. The summed E-state index contributed by atoms with van der Waals surface area (Å²) >= 11 is 0. The van der Waals surface area contributed by atoms with Crippen LogP contribution in [0.15, 0.2) is 17.7 Å². The topological polar surface area (TPSA) is 69.4 Å². The number of aromatic nitrogens is 1. The lowest BCUT2D eigenvalue weighted by Crippen LogP contribution is -2.41. The van der Waals surface area contributed by atoms with Crippen molar-refractivity contribution in [2.24, 2.45) is 0 Å². The van der Waals surface area contributed by atoms with Crippen molar-refractivity contribution in [1.29, 1.82) is 0 Å². The zero-order valence-corrected chi connectivity index (χ0v) is 14.4. The average molecular weight is 303 g/mol. The summed E-state index contributed by atoms with van der Waals surface area (Å²) in [6.07, 6.45) is 3.72. The van der Waals surface area contributed by atoms with Crippen LogP contribution in [-0.4, -0.2) is 36.9 Å². The summed E-state index contributed by atoms with van der Waals surface area (Å²) in [7, 11) is 1.53. The van der Waals surface area contributed by atoms with Gasteiger partial charge in [-0.05, 0) is 58.8 Å². The molecule has 0 amide bonds. The second-order valence-electron chi connectivity index (χ2n) is 6.78. The number of nitrogens with one attached hydrogen (secondary N) is 1. The van der Waals surface area contributed by atoms with Crippen LogP contribution in [0.5, 0.6) is 0 Å². The Balaban J connectivity index is 2.35. The molecule has 120 valence electrons. The van der Waals surface area contributed by atoms with E-state index in [0.717, 1.165) is 16.7 Å². The molecule has 0 radical (unpaired) electrons. The van der Waals surface area contributed by atoms with Gasteiger partial charge in [0.2, 0.25) is 0 Å². The summed E-state index contributed by atoms with van der Waals surface area (Å²) < 4.78 is 12.3. The maximum Gasteiger partial charge on any atom is 0.491 e. The highest BCUT2D eigenvalue weighted by molar-refractivity contribution is 6.55. The highest BCUT2D eigenvalue weighted by atomic mass is 16.7. The van der Waals surface area contributed by atoms with Crippen molar-refractivity contribution >= 4 is 18.9 Å². The summed E-state index contributed by atoms with van der Waals surface area (Å²) in [5.74, 6) is 0. The smallest absolute Gasteiger partial charge is 0.400 e. The summed E-state index contributed by atoms with van der Waals surface area (Å²) in [6, 6.07) is 1.92. The monoisotopic (exact) mass is 303 g/mol. The molecule has 0 saturated carbocycles. The van der Waals surface area contributed by atoms with Gasteiger partial charge in [0.15, 0.2) is 0 Å². The van der Waals surface area contributed by atoms with E-state index >= 15 is 0 Å². The molecule has 5 nitrogen and oxygen atoms in total. The van der Waals surface area contributed by atoms with Gasteiger partial charge in [-0.2, -0.15) is 0 Å². The first-order chi connectivity index (χ1) is 10.2. The number of hydrogen-bond acceptors (Lipinski definition) is 5. The minimum absolute atomic E-state index is 0.354. The third-order valence-corrected chi connectivity index (χ3v) is 4.43. The maximum absolute atomic E-state index is 6.14. The zero-order valence-electron chi connectivity index (χ0n) is 14.4. The van der Waals surface area contributed by atoms with E-state index in [-0.39, 0.29) is 18.3 Å². The molecule has 0 spiro atoms. The highest BCUT2D eigenvalue weighted by Crippen LogP contribution is 2.38. The average Bonchev–Trinajstić information content (AvgIpc) is 2.62. The molecular weight excluding hydrogens is 277 g/mol. The number of nitrogens with two attached hydrogens (primary N) is 1. The van der Waals surface area contributed by atoms with Gasteiger partial charge in [0.1, 0.15) is 0 Å². The lowest BCUT2D eigenvalue weighted by molar-refractivity contribution is 0.00578. The number of aryl methyl sites for hydroxylation is 1. The Bertz CT molecular complexity index is 569. The van der Waals surface area contributed by atoms with Gasteiger partial charge in [0.05, 0.1) is 23.1 Å². The van der Waals surface area contributed by atoms with Crippen LogP contribution in [0.1, 0.15) is 39.0 Å². The van der Waals surface area contributed by atoms with Crippen LogP contribution in [-0.2, 0) is 9.31 Å². The molecule has 2 heterocycles. The quantitative estimate of drug-likeness (QED) is 0.835. The third kappa shape index (κ3) is 3.34. The lowest BCUT2D eigenvalue weighted by atomic mass is 9.77. The SMILES string of the molecule is CNCC(=Cc1cc(N)cnc1C)B1OC(C)(C)C(C)(C)O1. The number of rotatable bonds is 4. The first-order valence-corrected chi connectivity index (χ1v) is 7.59.